The molecule has 0 aliphatic rings. The first kappa shape index (κ1) is 18.5. The van der Waals surface area contributed by atoms with Crippen molar-refractivity contribution >= 4 is 11.7 Å². The quantitative estimate of drug-likeness (QED) is 0.598. The molecule has 27 heavy (non-hydrogen) atoms. The van der Waals surface area contributed by atoms with Gasteiger partial charge in [-0.05, 0) is 24.1 Å². The molecule has 0 spiro atoms. The average Bonchev–Trinajstić information content (AvgIpc) is 2.73. The fraction of sp³-hybridized carbons (Fsp3) is 0.238. The predicted molar refractivity (Wildman–Crippen MR) is 106 cm³/mol. The summed E-state index contributed by atoms with van der Waals surface area (Å²) in [6.45, 7) is 3.32. The van der Waals surface area contributed by atoms with E-state index in [0.717, 1.165) is 24.0 Å². The molecule has 3 aromatic rings. The van der Waals surface area contributed by atoms with Crippen LogP contribution in [0.25, 0.3) is 11.4 Å². The van der Waals surface area contributed by atoms with E-state index in [1.165, 1.54) is 0 Å². The number of aromatic nitrogens is 3. The minimum Gasteiger partial charge on any atom is -0.366 e. The fourth-order valence-corrected chi connectivity index (χ4v) is 2.53. The third-order valence-electron chi connectivity index (χ3n) is 4.03. The summed E-state index contributed by atoms with van der Waals surface area (Å²) in [6.07, 6.45) is 5.46. The lowest BCUT2D eigenvalue weighted by Crippen LogP contribution is -2.25. The zero-order chi connectivity index (χ0) is 18.9. The van der Waals surface area contributed by atoms with Gasteiger partial charge in [-0.2, -0.15) is 0 Å². The molecular weight excluding hydrogens is 338 g/mol. The van der Waals surface area contributed by atoms with Crippen molar-refractivity contribution in [1.29, 1.82) is 0 Å². The minimum atomic E-state index is -0.185. The minimum absolute atomic E-state index is 0.185. The summed E-state index contributed by atoms with van der Waals surface area (Å²) >= 11 is 0. The van der Waals surface area contributed by atoms with Gasteiger partial charge in [-0.15, -0.1) is 0 Å². The number of rotatable bonds is 8. The third-order valence-corrected chi connectivity index (χ3v) is 4.03. The monoisotopic (exact) mass is 361 g/mol. The first-order valence-electron chi connectivity index (χ1n) is 9.11. The van der Waals surface area contributed by atoms with Gasteiger partial charge in [-0.25, -0.2) is 9.97 Å². The number of carbonyl (C=O) groups is 1. The van der Waals surface area contributed by atoms with E-state index < -0.39 is 0 Å². The fourth-order valence-electron chi connectivity index (χ4n) is 2.53. The number of carbonyl (C=O) groups excluding carboxylic acids is 1. The van der Waals surface area contributed by atoms with Crippen LogP contribution < -0.4 is 10.6 Å². The van der Waals surface area contributed by atoms with Gasteiger partial charge in [-0.3, -0.25) is 9.78 Å². The van der Waals surface area contributed by atoms with Crippen molar-refractivity contribution in [2.75, 3.05) is 11.9 Å². The molecule has 2 aromatic heterocycles. The molecule has 0 atom stereocenters. The highest BCUT2D eigenvalue weighted by molar-refractivity contribution is 5.93. The lowest BCUT2D eigenvalue weighted by Gasteiger charge is -2.11. The third kappa shape index (κ3) is 5.34. The highest BCUT2D eigenvalue weighted by Gasteiger charge is 2.12. The molecule has 0 fully saturated rings. The Kier molecular flexibility index (Phi) is 6.46. The van der Waals surface area contributed by atoms with Gasteiger partial charge in [0.15, 0.2) is 5.82 Å². The summed E-state index contributed by atoms with van der Waals surface area (Å²) in [6, 6.07) is 15.2. The van der Waals surface area contributed by atoms with Gasteiger partial charge in [0.1, 0.15) is 11.5 Å². The van der Waals surface area contributed by atoms with E-state index in [1.54, 1.807) is 18.5 Å². The topological polar surface area (TPSA) is 79.8 Å². The number of unbranched alkanes of at least 4 members (excludes halogenated alkanes) is 1. The Morgan fingerprint density at radius 2 is 1.81 bits per heavy atom. The molecule has 6 nitrogen and oxygen atoms in total. The highest BCUT2D eigenvalue weighted by Crippen LogP contribution is 2.18. The molecule has 0 bridgehead atoms. The molecule has 138 valence electrons. The van der Waals surface area contributed by atoms with Gasteiger partial charge in [0.2, 0.25) is 0 Å². The number of amides is 1. The van der Waals surface area contributed by atoms with Crippen LogP contribution in [0.5, 0.6) is 0 Å². The highest BCUT2D eigenvalue weighted by atomic mass is 16.1. The summed E-state index contributed by atoms with van der Waals surface area (Å²) in [4.78, 5) is 25.6. The number of hydrogen-bond donors (Lipinski definition) is 2. The van der Waals surface area contributed by atoms with Crippen LogP contribution in [0.3, 0.4) is 0 Å². The molecule has 0 saturated heterocycles. The van der Waals surface area contributed by atoms with E-state index in [1.807, 2.05) is 42.5 Å². The SMILES string of the molecule is CCCCNC(=O)c1cc(NCc2ccncc2)nc(-c2ccccc2)n1. The van der Waals surface area contributed by atoms with Crippen molar-refractivity contribution < 1.29 is 4.79 Å². The first-order valence-corrected chi connectivity index (χ1v) is 9.11. The van der Waals surface area contributed by atoms with E-state index in [-0.39, 0.29) is 5.91 Å². The Hall–Kier alpha value is -3.28. The Bertz CT molecular complexity index is 868. The average molecular weight is 361 g/mol. The zero-order valence-electron chi connectivity index (χ0n) is 15.4. The lowest BCUT2D eigenvalue weighted by atomic mass is 10.2. The molecule has 0 aliphatic heterocycles. The second-order valence-electron chi connectivity index (χ2n) is 6.15. The first-order chi connectivity index (χ1) is 13.3. The van der Waals surface area contributed by atoms with Crippen molar-refractivity contribution in [2.24, 2.45) is 0 Å². The van der Waals surface area contributed by atoms with Crippen LogP contribution in [0.1, 0.15) is 35.8 Å². The van der Waals surface area contributed by atoms with E-state index in [0.29, 0.717) is 30.4 Å². The Balaban J connectivity index is 1.84. The van der Waals surface area contributed by atoms with E-state index >= 15 is 0 Å². The van der Waals surface area contributed by atoms with Crippen LogP contribution in [0.4, 0.5) is 5.82 Å². The molecule has 0 unspecified atom stereocenters. The van der Waals surface area contributed by atoms with Crippen LogP contribution >= 0.6 is 0 Å². The van der Waals surface area contributed by atoms with Gasteiger partial charge < -0.3 is 10.6 Å². The Morgan fingerprint density at radius 1 is 1.04 bits per heavy atom. The maximum Gasteiger partial charge on any atom is 0.270 e. The smallest absolute Gasteiger partial charge is 0.270 e. The number of nitrogens with one attached hydrogen (secondary N) is 2. The van der Waals surface area contributed by atoms with Crippen molar-refractivity contribution in [1.82, 2.24) is 20.3 Å². The Morgan fingerprint density at radius 3 is 2.56 bits per heavy atom. The standard InChI is InChI=1S/C21H23N5O/c1-2-3-11-23-21(27)18-14-19(24-15-16-9-12-22-13-10-16)26-20(25-18)17-7-5-4-6-8-17/h4-10,12-14H,2-3,11,15H2,1H3,(H,23,27)(H,24,25,26). The number of pyridine rings is 1. The largest absolute Gasteiger partial charge is 0.366 e. The molecular formula is C21H23N5O. The normalized spacial score (nSPS) is 10.4. The van der Waals surface area contributed by atoms with Crippen molar-refractivity contribution in [3.05, 3.63) is 72.2 Å². The van der Waals surface area contributed by atoms with Gasteiger partial charge in [0, 0.05) is 37.1 Å². The summed E-state index contributed by atoms with van der Waals surface area (Å²) in [5, 5.41) is 6.19. The summed E-state index contributed by atoms with van der Waals surface area (Å²) in [5.74, 6) is 0.951. The number of benzene rings is 1. The van der Waals surface area contributed by atoms with Crippen LogP contribution in [0, 0.1) is 0 Å². The molecule has 6 heteroatoms. The summed E-state index contributed by atoms with van der Waals surface area (Å²) < 4.78 is 0. The van der Waals surface area contributed by atoms with Gasteiger partial charge in [0.05, 0.1) is 0 Å². The molecule has 0 aliphatic carbocycles. The molecule has 0 saturated carbocycles. The van der Waals surface area contributed by atoms with Crippen molar-refractivity contribution in [3.63, 3.8) is 0 Å². The molecule has 1 amide bonds. The molecule has 2 N–H and O–H groups in total. The van der Waals surface area contributed by atoms with Gasteiger partial charge in [0.25, 0.3) is 5.91 Å². The van der Waals surface area contributed by atoms with Gasteiger partial charge >= 0.3 is 0 Å². The van der Waals surface area contributed by atoms with Crippen LogP contribution in [0.2, 0.25) is 0 Å². The van der Waals surface area contributed by atoms with Crippen LogP contribution in [0.15, 0.2) is 60.9 Å². The number of anilines is 1. The lowest BCUT2D eigenvalue weighted by molar-refractivity contribution is 0.0948. The maximum absolute atomic E-state index is 12.5. The summed E-state index contributed by atoms with van der Waals surface area (Å²) in [7, 11) is 0. The zero-order valence-corrected chi connectivity index (χ0v) is 15.4. The van der Waals surface area contributed by atoms with Crippen LogP contribution in [-0.4, -0.2) is 27.4 Å². The van der Waals surface area contributed by atoms with Crippen LogP contribution in [-0.2, 0) is 6.54 Å². The van der Waals surface area contributed by atoms with Crippen molar-refractivity contribution in [2.45, 2.75) is 26.3 Å². The van der Waals surface area contributed by atoms with E-state index in [4.69, 9.17) is 0 Å². The van der Waals surface area contributed by atoms with Crippen molar-refractivity contribution in [3.8, 4) is 11.4 Å². The second kappa shape index (κ2) is 9.43. The molecule has 3 rings (SSSR count). The summed E-state index contributed by atoms with van der Waals surface area (Å²) in [5.41, 5.74) is 2.31. The molecule has 1 aromatic carbocycles. The predicted octanol–water partition coefficient (Wildman–Crippen LogP) is 3.68. The second-order valence-corrected chi connectivity index (χ2v) is 6.15. The maximum atomic E-state index is 12.5. The number of hydrogen-bond acceptors (Lipinski definition) is 5. The molecule has 0 radical (unpaired) electrons. The number of nitrogens with zero attached hydrogens (tertiary/aromatic N) is 3. The van der Waals surface area contributed by atoms with E-state index in [9.17, 15) is 4.79 Å². The van der Waals surface area contributed by atoms with E-state index in [2.05, 4.69) is 32.5 Å². The Labute approximate surface area is 159 Å². The van der Waals surface area contributed by atoms with Gasteiger partial charge in [-0.1, -0.05) is 43.7 Å². The molecule has 2 heterocycles.